The number of para-hydroxylation sites is 1. The van der Waals surface area contributed by atoms with E-state index in [0.717, 1.165) is 17.2 Å². The van der Waals surface area contributed by atoms with Gasteiger partial charge in [-0.05, 0) is 36.4 Å². The number of nitrogens with one attached hydrogen (secondary N) is 2. The number of hydrogen-bond donors (Lipinski definition) is 2. The maximum absolute atomic E-state index is 5.87. The first-order valence-electron chi connectivity index (χ1n) is 6.46. The molecule has 0 bridgehead atoms. The van der Waals surface area contributed by atoms with Crippen molar-refractivity contribution in [1.29, 1.82) is 0 Å². The van der Waals surface area contributed by atoms with Gasteiger partial charge in [-0.1, -0.05) is 29.8 Å². The first-order chi connectivity index (χ1) is 10.3. The van der Waals surface area contributed by atoms with Crippen molar-refractivity contribution < 1.29 is 0 Å². The molecular formula is C16H13ClN4. The van der Waals surface area contributed by atoms with E-state index in [-0.39, 0.29) is 0 Å². The Morgan fingerprint density at radius 1 is 0.714 bits per heavy atom. The Morgan fingerprint density at radius 3 is 1.90 bits per heavy atom. The summed E-state index contributed by atoms with van der Waals surface area (Å²) < 4.78 is 0. The summed E-state index contributed by atoms with van der Waals surface area (Å²) in [4.78, 5) is 8.41. The van der Waals surface area contributed by atoms with Crippen LogP contribution >= 0.6 is 11.6 Å². The van der Waals surface area contributed by atoms with Gasteiger partial charge in [0.15, 0.2) is 0 Å². The van der Waals surface area contributed by atoms with Crippen LogP contribution in [0.3, 0.4) is 0 Å². The summed E-state index contributed by atoms with van der Waals surface area (Å²) in [7, 11) is 0. The quantitative estimate of drug-likeness (QED) is 0.738. The molecule has 21 heavy (non-hydrogen) atoms. The molecule has 0 saturated carbocycles. The maximum Gasteiger partial charge on any atom is 0.135 e. The molecule has 4 nitrogen and oxygen atoms in total. The SMILES string of the molecule is Clc1ccc(Nc2cc(Nc3ccccc3)ncn2)cc1. The second-order valence-corrected chi connectivity index (χ2v) is 4.85. The maximum atomic E-state index is 5.87. The van der Waals surface area contributed by atoms with Crippen LogP contribution in [0.2, 0.25) is 5.02 Å². The van der Waals surface area contributed by atoms with Crippen molar-refractivity contribution in [2.24, 2.45) is 0 Å². The fourth-order valence-corrected chi connectivity index (χ4v) is 1.97. The van der Waals surface area contributed by atoms with E-state index in [1.54, 1.807) is 0 Å². The summed E-state index contributed by atoms with van der Waals surface area (Å²) in [6, 6.07) is 19.2. The molecule has 0 radical (unpaired) electrons. The number of anilines is 4. The Labute approximate surface area is 127 Å². The number of nitrogens with zero attached hydrogens (tertiary/aromatic N) is 2. The molecule has 0 fully saturated rings. The third kappa shape index (κ3) is 3.70. The van der Waals surface area contributed by atoms with E-state index in [1.165, 1.54) is 6.33 Å². The summed E-state index contributed by atoms with van der Waals surface area (Å²) in [5.41, 5.74) is 1.90. The van der Waals surface area contributed by atoms with Gasteiger partial charge < -0.3 is 10.6 Å². The highest BCUT2D eigenvalue weighted by Crippen LogP contribution is 2.20. The minimum Gasteiger partial charge on any atom is -0.340 e. The molecule has 0 aliphatic heterocycles. The smallest absolute Gasteiger partial charge is 0.135 e. The number of rotatable bonds is 4. The molecule has 0 spiro atoms. The molecule has 0 saturated heterocycles. The molecule has 5 heteroatoms. The van der Waals surface area contributed by atoms with E-state index in [2.05, 4.69) is 20.6 Å². The standard InChI is InChI=1S/C16H13ClN4/c17-12-6-8-14(9-7-12)21-16-10-15(18-11-19-16)20-13-4-2-1-3-5-13/h1-11H,(H2,18,19,20,21). The number of benzene rings is 2. The van der Waals surface area contributed by atoms with Gasteiger partial charge in [0.05, 0.1) is 0 Å². The topological polar surface area (TPSA) is 49.8 Å². The van der Waals surface area contributed by atoms with Crippen molar-refractivity contribution in [3.05, 3.63) is 72.0 Å². The van der Waals surface area contributed by atoms with Crippen LogP contribution in [0.5, 0.6) is 0 Å². The number of halogens is 1. The molecule has 3 rings (SSSR count). The van der Waals surface area contributed by atoms with Gasteiger partial charge in [0.2, 0.25) is 0 Å². The number of hydrogen-bond acceptors (Lipinski definition) is 4. The van der Waals surface area contributed by atoms with E-state index >= 15 is 0 Å². The van der Waals surface area contributed by atoms with Crippen LogP contribution in [0.4, 0.5) is 23.0 Å². The lowest BCUT2D eigenvalue weighted by Crippen LogP contribution is -1.98. The second kappa shape index (κ2) is 6.24. The predicted molar refractivity (Wildman–Crippen MR) is 86.5 cm³/mol. The molecule has 1 heterocycles. The average molecular weight is 297 g/mol. The monoisotopic (exact) mass is 296 g/mol. The number of aromatic nitrogens is 2. The van der Waals surface area contributed by atoms with Gasteiger partial charge >= 0.3 is 0 Å². The van der Waals surface area contributed by atoms with E-state index in [4.69, 9.17) is 11.6 Å². The molecular weight excluding hydrogens is 284 g/mol. The Bertz CT molecular complexity index is 714. The van der Waals surface area contributed by atoms with Crippen molar-refractivity contribution in [1.82, 2.24) is 9.97 Å². The third-order valence-corrected chi connectivity index (χ3v) is 3.08. The Hall–Kier alpha value is -2.59. The fourth-order valence-electron chi connectivity index (χ4n) is 1.84. The fraction of sp³-hybridized carbons (Fsp3) is 0. The first kappa shape index (κ1) is 13.4. The van der Waals surface area contributed by atoms with Gasteiger partial charge in [0.25, 0.3) is 0 Å². The van der Waals surface area contributed by atoms with Gasteiger partial charge in [0.1, 0.15) is 18.0 Å². The highest BCUT2D eigenvalue weighted by Gasteiger charge is 2.00. The summed E-state index contributed by atoms with van der Waals surface area (Å²) in [6.07, 6.45) is 1.52. The van der Waals surface area contributed by atoms with E-state index in [9.17, 15) is 0 Å². The molecule has 0 unspecified atom stereocenters. The van der Waals surface area contributed by atoms with Crippen molar-refractivity contribution in [2.75, 3.05) is 10.6 Å². The third-order valence-electron chi connectivity index (χ3n) is 2.83. The molecule has 104 valence electrons. The van der Waals surface area contributed by atoms with E-state index < -0.39 is 0 Å². The summed E-state index contributed by atoms with van der Waals surface area (Å²) in [5.74, 6) is 1.44. The van der Waals surface area contributed by atoms with Crippen molar-refractivity contribution in [3.63, 3.8) is 0 Å². The normalized spacial score (nSPS) is 10.1. The van der Waals surface area contributed by atoms with E-state index in [1.807, 2.05) is 60.7 Å². The van der Waals surface area contributed by atoms with Crippen LogP contribution in [-0.2, 0) is 0 Å². The Morgan fingerprint density at radius 2 is 1.29 bits per heavy atom. The molecule has 2 aromatic carbocycles. The van der Waals surface area contributed by atoms with Crippen molar-refractivity contribution >= 4 is 34.6 Å². The Balaban J connectivity index is 1.75. The Kier molecular flexibility index (Phi) is 3.98. The van der Waals surface area contributed by atoms with Crippen LogP contribution in [0.1, 0.15) is 0 Å². The predicted octanol–water partition coefficient (Wildman–Crippen LogP) is 4.62. The van der Waals surface area contributed by atoms with Gasteiger partial charge in [-0.2, -0.15) is 0 Å². The largest absolute Gasteiger partial charge is 0.340 e. The highest BCUT2D eigenvalue weighted by molar-refractivity contribution is 6.30. The van der Waals surface area contributed by atoms with Crippen molar-refractivity contribution in [3.8, 4) is 0 Å². The van der Waals surface area contributed by atoms with Crippen LogP contribution in [0.15, 0.2) is 67.0 Å². The van der Waals surface area contributed by atoms with Crippen LogP contribution < -0.4 is 10.6 Å². The lowest BCUT2D eigenvalue weighted by Gasteiger charge is -2.08. The lowest BCUT2D eigenvalue weighted by molar-refractivity contribution is 1.17. The minimum atomic E-state index is 0.703. The summed E-state index contributed by atoms with van der Waals surface area (Å²) >= 11 is 5.87. The summed E-state index contributed by atoms with van der Waals surface area (Å²) in [6.45, 7) is 0. The second-order valence-electron chi connectivity index (χ2n) is 4.41. The van der Waals surface area contributed by atoms with E-state index in [0.29, 0.717) is 10.8 Å². The molecule has 3 aromatic rings. The molecule has 0 amide bonds. The highest BCUT2D eigenvalue weighted by atomic mass is 35.5. The zero-order valence-corrected chi connectivity index (χ0v) is 11.9. The van der Waals surface area contributed by atoms with Crippen LogP contribution in [0.25, 0.3) is 0 Å². The first-order valence-corrected chi connectivity index (χ1v) is 6.84. The molecule has 0 aliphatic carbocycles. The minimum absolute atomic E-state index is 0.703. The molecule has 0 atom stereocenters. The van der Waals surface area contributed by atoms with Gasteiger partial charge in [-0.3, -0.25) is 0 Å². The lowest BCUT2D eigenvalue weighted by atomic mass is 10.3. The molecule has 0 aliphatic rings. The van der Waals surface area contributed by atoms with Crippen molar-refractivity contribution in [2.45, 2.75) is 0 Å². The van der Waals surface area contributed by atoms with Crippen LogP contribution in [-0.4, -0.2) is 9.97 Å². The van der Waals surface area contributed by atoms with Gasteiger partial charge in [-0.25, -0.2) is 9.97 Å². The average Bonchev–Trinajstić information content (AvgIpc) is 2.51. The molecule has 2 N–H and O–H groups in total. The molecule has 1 aromatic heterocycles. The summed E-state index contributed by atoms with van der Waals surface area (Å²) in [5, 5.41) is 7.14. The zero-order chi connectivity index (χ0) is 14.5. The zero-order valence-electron chi connectivity index (χ0n) is 11.1. The van der Waals surface area contributed by atoms with Crippen LogP contribution in [0, 0.1) is 0 Å². The van der Waals surface area contributed by atoms with Gasteiger partial charge in [0, 0.05) is 22.5 Å². The van der Waals surface area contributed by atoms with Gasteiger partial charge in [-0.15, -0.1) is 0 Å².